The van der Waals surface area contributed by atoms with E-state index in [9.17, 15) is 13.2 Å². The summed E-state index contributed by atoms with van der Waals surface area (Å²) in [4.78, 5) is 17.8. The fourth-order valence-electron chi connectivity index (χ4n) is 3.64. The van der Waals surface area contributed by atoms with Gasteiger partial charge in [-0.25, -0.2) is 13.4 Å². The zero-order valence-corrected chi connectivity index (χ0v) is 18.7. The molecule has 4 rings (SSSR count). The largest absolute Gasteiger partial charge is 0.307 e. The zero-order valence-electron chi connectivity index (χ0n) is 17.9. The van der Waals surface area contributed by atoms with Crippen LogP contribution in [0, 0.1) is 19.3 Å². The lowest BCUT2D eigenvalue weighted by molar-refractivity contribution is 0.508. The lowest BCUT2D eigenvalue weighted by Crippen LogP contribution is -2.31. The van der Waals surface area contributed by atoms with Crippen molar-refractivity contribution >= 4 is 26.5 Å². The van der Waals surface area contributed by atoms with Crippen molar-refractivity contribution in [3.63, 3.8) is 0 Å². The lowest BCUT2D eigenvalue weighted by Gasteiger charge is -2.19. The van der Waals surface area contributed by atoms with Gasteiger partial charge in [0, 0.05) is 12.2 Å². The number of aryl methyl sites for hydroxylation is 2. The molecular formula is C23H24N4O3S. The number of aromatic nitrogens is 3. The Bertz CT molecular complexity index is 1550. The smallest absolute Gasteiger partial charge is 0.267 e. The number of pyridine rings is 2. The second-order valence-corrected chi connectivity index (χ2v) is 9.81. The topological polar surface area (TPSA) is 97.3 Å². The molecule has 0 spiro atoms. The molecule has 31 heavy (non-hydrogen) atoms. The molecule has 0 fully saturated rings. The fraction of sp³-hybridized carbons (Fsp3) is 0.261. The quantitative estimate of drug-likeness (QED) is 0.495. The summed E-state index contributed by atoms with van der Waals surface area (Å²) in [6.45, 7) is 7.58. The van der Waals surface area contributed by atoms with Gasteiger partial charge in [-0.05, 0) is 57.0 Å². The Balaban J connectivity index is 2.17. The number of rotatable bonds is 4. The maximum absolute atomic E-state index is 13.4. The van der Waals surface area contributed by atoms with Gasteiger partial charge in [-0.15, -0.1) is 0 Å². The van der Waals surface area contributed by atoms with E-state index in [1.807, 2.05) is 33.8 Å². The average molecular weight is 437 g/mol. The monoisotopic (exact) mass is 436 g/mol. The summed E-state index contributed by atoms with van der Waals surface area (Å²) < 4.78 is 29.9. The Kier molecular flexibility index (Phi) is 5.05. The van der Waals surface area contributed by atoms with Crippen LogP contribution in [0.25, 0.3) is 16.7 Å². The SMILES string of the molecule is CC[C@H](C)n1c(=N)c(S(=O)(=O)c2ccc(C)cc2)cc2c(=O)n3cc(C)ccc3nc21. The molecule has 3 heterocycles. The van der Waals surface area contributed by atoms with E-state index in [4.69, 9.17) is 5.41 Å². The Labute approximate surface area is 180 Å². The van der Waals surface area contributed by atoms with Gasteiger partial charge in [0.05, 0.1) is 10.3 Å². The molecule has 0 radical (unpaired) electrons. The summed E-state index contributed by atoms with van der Waals surface area (Å²) >= 11 is 0. The van der Waals surface area contributed by atoms with Crippen molar-refractivity contribution in [2.75, 3.05) is 0 Å². The van der Waals surface area contributed by atoms with E-state index in [0.717, 1.165) is 11.1 Å². The van der Waals surface area contributed by atoms with Gasteiger partial charge in [-0.2, -0.15) is 0 Å². The van der Waals surface area contributed by atoms with Crippen LogP contribution in [-0.4, -0.2) is 22.4 Å². The summed E-state index contributed by atoms with van der Waals surface area (Å²) in [6, 6.07) is 11.2. The Morgan fingerprint density at radius 3 is 2.35 bits per heavy atom. The van der Waals surface area contributed by atoms with Crippen molar-refractivity contribution in [3.05, 3.63) is 75.6 Å². The van der Waals surface area contributed by atoms with Crippen molar-refractivity contribution in [1.29, 1.82) is 5.41 Å². The molecule has 1 aromatic carbocycles. The predicted molar refractivity (Wildman–Crippen MR) is 119 cm³/mol. The van der Waals surface area contributed by atoms with Gasteiger partial charge in [0.1, 0.15) is 21.7 Å². The number of hydrogen-bond donors (Lipinski definition) is 1. The van der Waals surface area contributed by atoms with Crippen LogP contribution in [0.1, 0.15) is 37.4 Å². The Hall–Kier alpha value is -3.26. The highest BCUT2D eigenvalue weighted by atomic mass is 32.2. The number of nitrogens with one attached hydrogen (secondary N) is 1. The molecule has 0 bridgehead atoms. The third-order valence-corrected chi connectivity index (χ3v) is 7.40. The van der Waals surface area contributed by atoms with Crippen LogP contribution >= 0.6 is 0 Å². The van der Waals surface area contributed by atoms with Crippen LogP contribution in [0.4, 0.5) is 0 Å². The zero-order chi connectivity index (χ0) is 22.5. The van der Waals surface area contributed by atoms with E-state index >= 15 is 0 Å². The van der Waals surface area contributed by atoms with Gasteiger partial charge in [0.25, 0.3) is 5.56 Å². The van der Waals surface area contributed by atoms with Crippen LogP contribution in [-0.2, 0) is 9.84 Å². The first-order chi connectivity index (χ1) is 14.6. The molecule has 0 unspecified atom stereocenters. The molecular weight excluding hydrogens is 412 g/mol. The van der Waals surface area contributed by atoms with Crippen molar-refractivity contribution in [3.8, 4) is 0 Å². The molecule has 3 aromatic heterocycles. The van der Waals surface area contributed by atoms with Crippen molar-refractivity contribution in [1.82, 2.24) is 14.0 Å². The van der Waals surface area contributed by atoms with Crippen molar-refractivity contribution in [2.45, 2.75) is 49.9 Å². The summed E-state index contributed by atoms with van der Waals surface area (Å²) in [5.74, 6) is 0. The molecule has 0 aliphatic rings. The Morgan fingerprint density at radius 1 is 1.06 bits per heavy atom. The van der Waals surface area contributed by atoms with Crippen LogP contribution in [0.15, 0.2) is 63.2 Å². The normalized spacial score (nSPS) is 13.0. The third-order valence-electron chi connectivity index (χ3n) is 5.62. The summed E-state index contributed by atoms with van der Waals surface area (Å²) in [7, 11) is -4.00. The molecule has 8 heteroatoms. The molecule has 1 N–H and O–H groups in total. The summed E-state index contributed by atoms with van der Waals surface area (Å²) in [5.41, 5.74) is 2.05. The fourth-order valence-corrected chi connectivity index (χ4v) is 5.02. The molecule has 7 nitrogen and oxygen atoms in total. The van der Waals surface area contributed by atoms with E-state index in [0.29, 0.717) is 17.7 Å². The average Bonchev–Trinajstić information content (AvgIpc) is 2.74. The van der Waals surface area contributed by atoms with Crippen LogP contribution < -0.4 is 11.0 Å². The van der Waals surface area contributed by atoms with Gasteiger partial charge >= 0.3 is 0 Å². The van der Waals surface area contributed by atoms with E-state index in [1.165, 1.54) is 22.6 Å². The van der Waals surface area contributed by atoms with Crippen molar-refractivity contribution in [2.24, 2.45) is 0 Å². The molecule has 0 saturated carbocycles. The van der Waals surface area contributed by atoms with E-state index in [1.54, 1.807) is 29.0 Å². The molecule has 0 aliphatic carbocycles. The molecule has 160 valence electrons. The number of fused-ring (bicyclic) bond motifs is 2. The second-order valence-electron chi connectivity index (χ2n) is 7.89. The van der Waals surface area contributed by atoms with Gasteiger partial charge in [-0.1, -0.05) is 30.7 Å². The molecule has 1 atom stereocenters. The summed E-state index contributed by atoms with van der Waals surface area (Å²) in [5, 5.41) is 8.93. The molecule has 4 aromatic rings. The minimum Gasteiger partial charge on any atom is -0.307 e. The number of sulfone groups is 1. The van der Waals surface area contributed by atoms with Gasteiger partial charge < -0.3 is 4.57 Å². The van der Waals surface area contributed by atoms with Crippen LogP contribution in [0.2, 0.25) is 0 Å². The first-order valence-corrected chi connectivity index (χ1v) is 11.6. The van der Waals surface area contributed by atoms with Crippen LogP contribution in [0.3, 0.4) is 0 Å². The second kappa shape index (κ2) is 7.46. The summed E-state index contributed by atoms with van der Waals surface area (Å²) in [6.07, 6.45) is 2.33. The van der Waals surface area contributed by atoms with Crippen molar-refractivity contribution < 1.29 is 8.42 Å². The minimum atomic E-state index is -4.00. The third kappa shape index (κ3) is 3.37. The Morgan fingerprint density at radius 2 is 1.71 bits per heavy atom. The molecule has 0 aliphatic heterocycles. The highest BCUT2D eigenvalue weighted by Gasteiger charge is 2.25. The predicted octanol–water partition coefficient (Wildman–Crippen LogP) is 3.55. The molecule has 0 amide bonds. The van der Waals surface area contributed by atoms with Gasteiger partial charge in [-0.3, -0.25) is 14.6 Å². The standard InChI is InChI=1S/C23H24N4O3S/c1-5-16(4)27-21(24)19(31(29,30)17-9-6-14(2)7-10-17)12-18-22(27)25-20-11-8-15(3)13-26(20)23(18)28/h6-13,16,24H,5H2,1-4H3/t16-/m0/s1. The first-order valence-electron chi connectivity index (χ1n) is 10.1. The van der Waals surface area contributed by atoms with E-state index in [2.05, 4.69) is 4.98 Å². The maximum atomic E-state index is 13.4. The lowest BCUT2D eigenvalue weighted by atomic mass is 10.2. The first kappa shape index (κ1) is 21.0. The molecule has 0 saturated heterocycles. The number of nitrogens with zero attached hydrogens (tertiary/aromatic N) is 3. The highest BCUT2D eigenvalue weighted by molar-refractivity contribution is 7.91. The number of hydrogen-bond acceptors (Lipinski definition) is 5. The van der Waals surface area contributed by atoms with Gasteiger partial charge in [0.2, 0.25) is 9.84 Å². The highest BCUT2D eigenvalue weighted by Crippen LogP contribution is 2.23. The van der Waals surface area contributed by atoms with Gasteiger partial charge in [0.15, 0.2) is 0 Å². The van der Waals surface area contributed by atoms with E-state index < -0.39 is 9.84 Å². The van der Waals surface area contributed by atoms with Crippen LogP contribution in [0.5, 0.6) is 0 Å². The minimum absolute atomic E-state index is 0.0892. The maximum Gasteiger partial charge on any atom is 0.267 e. The number of benzene rings is 1. The van der Waals surface area contributed by atoms with E-state index in [-0.39, 0.29) is 32.3 Å².